The zero-order valence-electron chi connectivity index (χ0n) is 55.6. The number of carbonyl (C=O) groups excluding carboxylic acids is 3. The predicted molar refractivity (Wildman–Crippen MR) is 370 cm³/mol. The van der Waals surface area contributed by atoms with Crippen molar-refractivity contribution in [1.29, 1.82) is 0 Å². The number of aliphatic carboxylic acids is 1. The van der Waals surface area contributed by atoms with Crippen molar-refractivity contribution in [2.24, 2.45) is 0 Å². The number of ether oxygens (including phenoxy) is 4. The molecule has 0 rings (SSSR count). The molecule has 0 aliphatic heterocycles. The van der Waals surface area contributed by atoms with E-state index in [4.69, 9.17) is 18.9 Å². The van der Waals surface area contributed by atoms with Gasteiger partial charge >= 0.3 is 11.9 Å². The molecular weight excluding hydrogens is 1080 g/mol. The molecule has 2 atom stereocenters. The number of hydrogen-bond acceptors (Lipinski definition) is 8. The van der Waals surface area contributed by atoms with Gasteiger partial charge in [0, 0.05) is 12.8 Å². The molecule has 0 aliphatic rings. The third kappa shape index (κ3) is 67.8. The molecule has 0 aliphatic carbocycles. The SMILES string of the molecule is CC/C=C\C/C=C\C/C=C\C/C=C\C/C=C\C/C=C\C/C=C\C/C=C\CCCCC(=O)OC(COC(=O)CCCCCCCCCCCCCCC/C=C\C/C=C\C/C=C\C/C=C\C/C=C\C/C=C\C/C=C\CC)COC(OCC[N+](C)(C)C)C(=O)[O-]. The lowest BCUT2D eigenvalue weighted by Gasteiger charge is -2.26. The summed E-state index contributed by atoms with van der Waals surface area (Å²) in [6.07, 6.45) is 98.2. The van der Waals surface area contributed by atoms with Crippen LogP contribution in [-0.2, 0) is 33.3 Å². The van der Waals surface area contributed by atoms with Crippen LogP contribution in [0, 0.1) is 0 Å². The van der Waals surface area contributed by atoms with E-state index in [1.807, 2.05) is 21.1 Å². The number of likely N-dealkylation sites (N-methyl/N-ethyl adjacent to an activating group) is 1. The summed E-state index contributed by atoms with van der Waals surface area (Å²) in [4.78, 5) is 37.4. The third-order valence-electron chi connectivity index (χ3n) is 13.6. The highest BCUT2D eigenvalue weighted by Crippen LogP contribution is 2.15. The minimum Gasteiger partial charge on any atom is -0.545 e. The number of quaternary nitrogens is 1. The van der Waals surface area contributed by atoms with Crippen LogP contribution in [0.1, 0.15) is 232 Å². The Labute approximate surface area is 532 Å². The average Bonchev–Trinajstić information content (AvgIpc) is 3.56. The first-order valence-electron chi connectivity index (χ1n) is 33.9. The maximum absolute atomic E-state index is 12.9. The molecule has 2 unspecified atom stereocenters. The summed E-state index contributed by atoms with van der Waals surface area (Å²) in [5.74, 6) is -2.36. The molecular formula is C78H123NO8. The highest BCUT2D eigenvalue weighted by atomic mass is 16.7. The first-order chi connectivity index (χ1) is 42.6. The van der Waals surface area contributed by atoms with Crippen LogP contribution in [0.15, 0.2) is 182 Å². The summed E-state index contributed by atoms with van der Waals surface area (Å²) in [5.41, 5.74) is 0. The maximum atomic E-state index is 12.9. The zero-order chi connectivity index (χ0) is 63.3. The smallest absolute Gasteiger partial charge is 0.306 e. The van der Waals surface area contributed by atoms with Crippen molar-refractivity contribution in [1.82, 2.24) is 0 Å². The van der Waals surface area contributed by atoms with E-state index in [0.29, 0.717) is 17.4 Å². The van der Waals surface area contributed by atoms with Crippen LogP contribution in [0.2, 0.25) is 0 Å². The minimum absolute atomic E-state index is 0.129. The number of esters is 2. The molecule has 0 saturated heterocycles. The van der Waals surface area contributed by atoms with Crippen molar-refractivity contribution in [2.45, 2.75) is 245 Å². The van der Waals surface area contributed by atoms with Gasteiger partial charge in [-0.2, -0.15) is 0 Å². The summed E-state index contributed by atoms with van der Waals surface area (Å²) in [7, 11) is 5.90. The fourth-order valence-corrected chi connectivity index (χ4v) is 8.53. The lowest BCUT2D eigenvalue weighted by Crippen LogP contribution is -2.44. The van der Waals surface area contributed by atoms with Gasteiger partial charge in [-0.15, -0.1) is 0 Å². The number of unbranched alkanes of at least 4 members (excludes halogenated alkanes) is 15. The molecule has 0 aromatic carbocycles. The van der Waals surface area contributed by atoms with Gasteiger partial charge in [-0.25, -0.2) is 0 Å². The van der Waals surface area contributed by atoms with Crippen LogP contribution in [0.4, 0.5) is 0 Å². The van der Waals surface area contributed by atoms with Gasteiger partial charge in [0.25, 0.3) is 0 Å². The second-order valence-electron chi connectivity index (χ2n) is 23.0. The molecule has 0 aromatic rings. The zero-order valence-corrected chi connectivity index (χ0v) is 55.6. The molecule has 9 heteroatoms. The molecule has 0 saturated carbocycles. The van der Waals surface area contributed by atoms with Crippen LogP contribution in [0.25, 0.3) is 0 Å². The number of hydrogen-bond donors (Lipinski definition) is 0. The summed E-state index contributed by atoms with van der Waals surface area (Å²) >= 11 is 0. The number of carboxylic acid groups (broad SMARTS) is 1. The Kier molecular flexibility index (Phi) is 62.1. The van der Waals surface area contributed by atoms with E-state index in [1.165, 1.54) is 64.2 Å². The number of carbonyl (C=O) groups is 3. The van der Waals surface area contributed by atoms with Crippen molar-refractivity contribution < 1.29 is 42.9 Å². The Balaban J connectivity index is 4.25. The van der Waals surface area contributed by atoms with Gasteiger partial charge in [-0.3, -0.25) is 9.59 Å². The van der Waals surface area contributed by atoms with Gasteiger partial charge in [-0.05, 0) is 135 Å². The first-order valence-corrected chi connectivity index (χ1v) is 33.9. The molecule has 0 heterocycles. The molecule has 87 heavy (non-hydrogen) atoms. The number of nitrogens with zero attached hydrogens (tertiary/aromatic N) is 1. The maximum Gasteiger partial charge on any atom is 0.306 e. The summed E-state index contributed by atoms with van der Waals surface area (Å²) in [6, 6.07) is 0. The van der Waals surface area contributed by atoms with Crippen LogP contribution >= 0.6 is 0 Å². The molecule has 0 bridgehead atoms. The van der Waals surface area contributed by atoms with Gasteiger partial charge in [0.1, 0.15) is 13.2 Å². The normalized spacial score (nSPS) is 13.9. The van der Waals surface area contributed by atoms with Gasteiger partial charge in [0.15, 0.2) is 12.4 Å². The van der Waals surface area contributed by atoms with Gasteiger partial charge in [0.05, 0.1) is 40.3 Å². The molecule has 488 valence electrons. The van der Waals surface area contributed by atoms with E-state index in [0.717, 1.165) is 135 Å². The quantitative estimate of drug-likeness (QED) is 0.0195. The van der Waals surface area contributed by atoms with E-state index in [9.17, 15) is 19.5 Å². The van der Waals surface area contributed by atoms with Crippen molar-refractivity contribution in [3.8, 4) is 0 Å². The molecule has 0 spiro atoms. The third-order valence-corrected chi connectivity index (χ3v) is 13.6. The van der Waals surface area contributed by atoms with Crippen molar-refractivity contribution in [3.05, 3.63) is 182 Å². The van der Waals surface area contributed by atoms with Crippen molar-refractivity contribution in [3.63, 3.8) is 0 Å². The Morgan fingerprint density at radius 2 is 0.621 bits per heavy atom. The second kappa shape index (κ2) is 66.3. The largest absolute Gasteiger partial charge is 0.545 e. The van der Waals surface area contributed by atoms with E-state index in [2.05, 4.69) is 196 Å². The van der Waals surface area contributed by atoms with E-state index in [1.54, 1.807) is 0 Å². The molecule has 9 nitrogen and oxygen atoms in total. The van der Waals surface area contributed by atoms with Crippen LogP contribution in [-0.4, -0.2) is 82.3 Å². The molecule has 0 radical (unpaired) electrons. The van der Waals surface area contributed by atoms with Crippen molar-refractivity contribution in [2.75, 3.05) is 47.5 Å². The monoisotopic (exact) mass is 1200 g/mol. The number of allylic oxidation sites excluding steroid dienone is 30. The van der Waals surface area contributed by atoms with Crippen LogP contribution in [0.5, 0.6) is 0 Å². The molecule has 0 N–H and O–H groups in total. The average molecular weight is 1200 g/mol. The van der Waals surface area contributed by atoms with E-state index in [-0.39, 0.29) is 38.6 Å². The molecule has 0 amide bonds. The van der Waals surface area contributed by atoms with Gasteiger partial charge < -0.3 is 33.3 Å². The highest BCUT2D eigenvalue weighted by Gasteiger charge is 2.22. The fourth-order valence-electron chi connectivity index (χ4n) is 8.53. The molecule has 0 aromatic heterocycles. The summed E-state index contributed by atoms with van der Waals surface area (Å²) < 4.78 is 22.7. The molecule has 0 fully saturated rings. The van der Waals surface area contributed by atoms with Gasteiger partial charge in [-0.1, -0.05) is 267 Å². The van der Waals surface area contributed by atoms with E-state index >= 15 is 0 Å². The lowest BCUT2D eigenvalue weighted by molar-refractivity contribution is -0.870. The fraction of sp³-hybridized carbons (Fsp3) is 0.577. The Hall–Kier alpha value is -5.61. The highest BCUT2D eigenvalue weighted by molar-refractivity contribution is 5.70. The summed E-state index contributed by atoms with van der Waals surface area (Å²) in [5, 5.41) is 11.8. The lowest BCUT2D eigenvalue weighted by atomic mass is 10.0. The van der Waals surface area contributed by atoms with E-state index < -0.39 is 24.3 Å². The predicted octanol–water partition coefficient (Wildman–Crippen LogP) is 19.9. The Bertz CT molecular complexity index is 2080. The second-order valence-corrected chi connectivity index (χ2v) is 23.0. The number of carboxylic acids is 1. The van der Waals surface area contributed by atoms with Crippen LogP contribution in [0.3, 0.4) is 0 Å². The Morgan fingerprint density at radius 3 is 0.943 bits per heavy atom. The Morgan fingerprint density at radius 1 is 0.345 bits per heavy atom. The minimum atomic E-state index is -1.65. The first kappa shape index (κ1) is 81.4. The topological polar surface area (TPSA) is 111 Å². The number of rotatable bonds is 60. The van der Waals surface area contributed by atoms with Crippen molar-refractivity contribution >= 4 is 17.9 Å². The standard InChI is InChI=1S/C78H123NO8/c1-6-8-10-12-14-16-18-20-22-24-26-28-30-32-34-35-36-37-38-39-40-41-43-44-46-48-50-52-54-56-58-60-62-64-66-68-75(80)85-72-74(73-86-78(77(82)83)84-71-70-79(3,4)5)87-76(81)69-67-65-63-61-59-57-55-53-51-49-47-45-42-33-31-29-27-25-23-21-19-17-15-13-11-9-7-2/h8-11,14-17,20-23,26-29,32-34,36-37,39-40,42,47,49,53,55,59,61,74,78H,6-7,12-13,18-19,24-25,30-31,35,38,41,43-46,48,50-52,54,56-58,60,62-73H2,1-5H3/b10-8-,11-9-,16-14-,17-15-,22-20-,23-21-,28-26-,29-27-,34-32-,37-36-,40-39-,42-33-,49-47-,55-53-,61-59-. The van der Waals surface area contributed by atoms with Gasteiger partial charge in [0.2, 0.25) is 0 Å². The van der Waals surface area contributed by atoms with Crippen LogP contribution < -0.4 is 5.11 Å². The summed E-state index contributed by atoms with van der Waals surface area (Å²) in [6.45, 7) is 4.45.